The van der Waals surface area contributed by atoms with E-state index < -0.39 is 6.10 Å². The second-order valence-corrected chi connectivity index (χ2v) is 4.88. The zero-order valence-electron chi connectivity index (χ0n) is 10.3. The van der Waals surface area contributed by atoms with Gasteiger partial charge in [0.1, 0.15) is 6.10 Å². The third-order valence-electron chi connectivity index (χ3n) is 3.69. The summed E-state index contributed by atoms with van der Waals surface area (Å²) in [7, 11) is 0. The number of aliphatic hydroxyl groups is 1. The predicted molar refractivity (Wildman–Crippen MR) is 63.3 cm³/mol. The fraction of sp³-hybridized carbons (Fsp3) is 0.833. The first-order valence-corrected chi connectivity index (χ1v) is 6.46. The lowest BCUT2D eigenvalue weighted by Crippen LogP contribution is -2.15. The van der Waals surface area contributed by atoms with E-state index in [4.69, 9.17) is 10.3 Å². The van der Waals surface area contributed by atoms with Gasteiger partial charge >= 0.3 is 0 Å². The van der Waals surface area contributed by atoms with E-state index in [1.165, 1.54) is 19.3 Å². The molecular formula is C12H21N3O2. The average molecular weight is 239 g/mol. The van der Waals surface area contributed by atoms with E-state index in [0.717, 1.165) is 24.6 Å². The van der Waals surface area contributed by atoms with Crippen molar-refractivity contribution in [3.63, 3.8) is 0 Å². The topological polar surface area (TPSA) is 85.2 Å². The van der Waals surface area contributed by atoms with E-state index in [-0.39, 0.29) is 12.4 Å². The SMILES string of the molecule is CCC1CCCC(c2noc([C@@H](O)CN)n2)C1. The largest absolute Gasteiger partial charge is 0.382 e. The molecule has 3 atom stereocenters. The van der Waals surface area contributed by atoms with Gasteiger partial charge in [-0.15, -0.1) is 0 Å². The van der Waals surface area contributed by atoms with E-state index in [2.05, 4.69) is 17.1 Å². The zero-order chi connectivity index (χ0) is 12.3. The van der Waals surface area contributed by atoms with Gasteiger partial charge in [-0.3, -0.25) is 0 Å². The number of aromatic nitrogens is 2. The van der Waals surface area contributed by atoms with Gasteiger partial charge in [0.15, 0.2) is 5.82 Å². The highest BCUT2D eigenvalue weighted by atomic mass is 16.5. The van der Waals surface area contributed by atoms with E-state index in [9.17, 15) is 5.11 Å². The second kappa shape index (κ2) is 5.60. The van der Waals surface area contributed by atoms with E-state index >= 15 is 0 Å². The number of rotatable bonds is 4. The highest BCUT2D eigenvalue weighted by Gasteiger charge is 2.26. The minimum atomic E-state index is -0.832. The molecule has 0 bridgehead atoms. The standard InChI is InChI=1S/C12H21N3O2/c1-2-8-4-3-5-9(6-8)11-14-12(17-15-11)10(16)7-13/h8-10,16H,2-7,13H2,1H3/t8?,9?,10-/m0/s1. The van der Waals surface area contributed by atoms with E-state index in [1.54, 1.807) is 0 Å². The molecule has 0 radical (unpaired) electrons. The molecule has 0 aliphatic heterocycles. The van der Waals surface area contributed by atoms with Crippen LogP contribution in [0.1, 0.15) is 62.8 Å². The molecule has 0 aromatic carbocycles. The van der Waals surface area contributed by atoms with Gasteiger partial charge in [0.25, 0.3) is 5.89 Å². The maximum absolute atomic E-state index is 9.52. The Hall–Kier alpha value is -0.940. The lowest BCUT2D eigenvalue weighted by molar-refractivity contribution is 0.141. The van der Waals surface area contributed by atoms with Crippen LogP contribution in [0.25, 0.3) is 0 Å². The Morgan fingerprint density at radius 2 is 2.35 bits per heavy atom. The van der Waals surface area contributed by atoms with Crippen molar-refractivity contribution in [2.45, 2.75) is 51.0 Å². The lowest BCUT2D eigenvalue weighted by Gasteiger charge is -2.26. The first kappa shape index (κ1) is 12.5. The van der Waals surface area contributed by atoms with Crippen molar-refractivity contribution in [3.8, 4) is 0 Å². The molecule has 0 saturated heterocycles. The first-order valence-electron chi connectivity index (χ1n) is 6.46. The molecule has 0 spiro atoms. The Kier molecular flexibility index (Phi) is 4.12. The normalized spacial score (nSPS) is 27.0. The van der Waals surface area contributed by atoms with Crippen LogP contribution in [-0.2, 0) is 0 Å². The van der Waals surface area contributed by atoms with Crippen LogP contribution in [0.15, 0.2) is 4.52 Å². The van der Waals surface area contributed by atoms with E-state index in [0.29, 0.717) is 5.92 Å². The summed E-state index contributed by atoms with van der Waals surface area (Å²) in [6.07, 6.45) is 5.17. The smallest absolute Gasteiger partial charge is 0.256 e. The van der Waals surface area contributed by atoms with Gasteiger partial charge in [-0.25, -0.2) is 0 Å². The van der Waals surface area contributed by atoms with Crippen LogP contribution < -0.4 is 5.73 Å². The fourth-order valence-corrected chi connectivity index (χ4v) is 2.55. The summed E-state index contributed by atoms with van der Waals surface area (Å²) in [4.78, 5) is 4.27. The van der Waals surface area contributed by atoms with Gasteiger partial charge < -0.3 is 15.4 Å². The van der Waals surface area contributed by atoms with Gasteiger partial charge in [-0.05, 0) is 18.8 Å². The molecule has 3 N–H and O–H groups in total. The van der Waals surface area contributed by atoms with Crippen molar-refractivity contribution in [2.75, 3.05) is 6.54 Å². The van der Waals surface area contributed by atoms with E-state index in [1.807, 2.05) is 0 Å². The highest BCUT2D eigenvalue weighted by Crippen LogP contribution is 2.36. The van der Waals surface area contributed by atoms with Crippen LogP contribution >= 0.6 is 0 Å². The summed E-state index contributed by atoms with van der Waals surface area (Å²) in [6.45, 7) is 2.34. The Morgan fingerprint density at radius 3 is 3.06 bits per heavy atom. The molecule has 0 amide bonds. The predicted octanol–water partition coefficient (Wildman–Crippen LogP) is 1.75. The number of nitrogens with zero attached hydrogens (tertiary/aromatic N) is 2. The quantitative estimate of drug-likeness (QED) is 0.836. The van der Waals surface area contributed by atoms with Gasteiger partial charge in [0, 0.05) is 12.5 Å². The van der Waals surface area contributed by atoms with Crippen LogP contribution in [0.4, 0.5) is 0 Å². The Balaban J connectivity index is 2.04. The van der Waals surface area contributed by atoms with Crippen LogP contribution in [0.3, 0.4) is 0 Å². The van der Waals surface area contributed by atoms with Crippen molar-refractivity contribution in [1.82, 2.24) is 10.1 Å². The average Bonchev–Trinajstić information content (AvgIpc) is 2.87. The Morgan fingerprint density at radius 1 is 1.53 bits per heavy atom. The van der Waals surface area contributed by atoms with Gasteiger partial charge in [-0.2, -0.15) is 4.98 Å². The fourth-order valence-electron chi connectivity index (χ4n) is 2.55. The van der Waals surface area contributed by atoms with Crippen molar-refractivity contribution in [2.24, 2.45) is 11.7 Å². The first-order chi connectivity index (χ1) is 8.24. The summed E-state index contributed by atoms with van der Waals surface area (Å²) >= 11 is 0. The van der Waals surface area contributed by atoms with Crippen molar-refractivity contribution in [3.05, 3.63) is 11.7 Å². The van der Waals surface area contributed by atoms with Crippen LogP contribution in [0.2, 0.25) is 0 Å². The summed E-state index contributed by atoms with van der Waals surface area (Å²) in [5.74, 6) is 2.15. The van der Waals surface area contributed by atoms with Crippen LogP contribution in [-0.4, -0.2) is 21.8 Å². The molecule has 2 unspecified atom stereocenters. The number of hydrogen-bond acceptors (Lipinski definition) is 5. The summed E-state index contributed by atoms with van der Waals surface area (Å²) in [5, 5.41) is 13.5. The highest BCUT2D eigenvalue weighted by molar-refractivity contribution is 4.99. The molecule has 17 heavy (non-hydrogen) atoms. The Bertz CT molecular complexity index is 353. The number of aliphatic hydroxyl groups excluding tert-OH is 1. The summed E-state index contributed by atoms with van der Waals surface area (Å²) < 4.78 is 5.05. The third kappa shape index (κ3) is 2.84. The van der Waals surface area contributed by atoms with Crippen molar-refractivity contribution < 1.29 is 9.63 Å². The molecule has 1 aromatic rings. The lowest BCUT2D eigenvalue weighted by atomic mass is 9.80. The van der Waals surface area contributed by atoms with Crippen molar-refractivity contribution in [1.29, 1.82) is 0 Å². The minimum Gasteiger partial charge on any atom is -0.382 e. The van der Waals surface area contributed by atoms with Gasteiger partial charge in [0.2, 0.25) is 0 Å². The second-order valence-electron chi connectivity index (χ2n) is 4.88. The third-order valence-corrected chi connectivity index (χ3v) is 3.69. The van der Waals surface area contributed by atoms with Gasteiger partial charge in [0.05, 0.1) is 0 Å². The molecule has 1 aromatic heterocycles. The molecule has 5 nitrogen and oxygen atoms in total. The Labute approximate surface area is 101 Å². The summed E-state index contributed by atoms with van der Waals surface area (Å²) in [5.41, 5.74) is 5.36. The molecule has 1 aliphatic carbocycles. The van der Waals surface area contributed by atoms with Gasteiger partial charge in [-0.1, -0.05) is 31.3 Å². The molecule has 5 heteroatoms. The molecule has 1 saturated carbocycles. The number of hydrogen-bond donors (Lipinski definition) is 2. The maximum atomic E-state index is 9.52. The molecule has 1 aliphatic rings. The molecule has 2 rings (SSSR count). The molecular weight excluding hydrogens is 218 g/mol. The summed E-state index contributed by atoms with van der Waals surface area (Å²) in [6, 6.07) is 0. The molecule has 96 valence electrons. The van der Waals surface area contributed by atoms with Crippen molar-refractivity contribution >= 4 is 0 Å². The van der Waals surface area contributed by atoms with Crippen LogP contribution in [0, 0.1) is 5.92 Å². The minimum absolute atomic E-state index is 0.115. The van der Waals surface area contributed by atoms with Crippen LogP contribution in [0.5, 0.6) is 0 Å². The molecule has 1 fully saturated rings. The number of nitrogens with two attached hydrogens (primary N) is 1. The molecule has 1 heterocycles. The maximum Gasteiger partial charge on any atom is 0.256 e. The zero-order valence-corrected chi connectivity index (χ0v) is 10.3. The monoisotopic (exact) mass is 239 g/mol.